The number of amides is 1. The van der Waals surface area contributed by atoms with Crippen molar-refractivity contribution >= 4 is 30.0 Å². The zero-order valence-electron chi connectivity index (χ0n) is 20.5. The summed E-state index contributed by atoms with van der Waals surface area (Å²) in [5.41, 5.74) is 5.69. The van der Waals surface area contributed by atoms with Crippen molar-refractivity contribution in [3.63, 3.8) is 0 Å². The van der Waals surface area contributed by atoms with Crippen molar-refractivity contribution in [3.8, 4) is 5.75 Å². The number of hydrogen-bond donors (Lipinski definition) is 0. The van der Waals surface area contributed by atoms with E-state index in [2.05, 4.69) is 55.4 Å². The van der Waals surface area contributed by atoms with Gasteiger partial charge in [0.25, 0.3) is 5.91 Å². The Hall–Kier alpha value is -2.56. The molecule has 0 aliphatic heterocycles. The molecule has 2 aromatic rings. The zero-order chi connectivity index (χ0) is 23.1. The lowest BCUT2D eigenvalue weighted by molar-refractivity contribution is 0.0773. The van der Waals surface area contributed by atoms with Crippen molar-refractivity contribution in [2.24, 2.45) is 5.92 Å². The zero-order valence-corrected chi connectivity index (χ0v) is 21.3. The summed E-state index contributed by atoms with van der Waals surface area (Å²) in [6.07, 6.45) is 6.70. The molecular weight excluding hydrogens is 432 g/mol. The van der Waals surface area contributed by atoms with Crippen molar-refractivity contribution in [2.75, 3.05) is 40.8 Å². The standard InChI is InChI=1S/C28H36N2O2.ClH/c1-6-30(7-2)28(31)24-12-8-10-21(17-24)16-22-14-15-25(20-29(3)4)27(18-22)23-11-9-13-26(19-23)32-5;/h8-13,16-19,25H,6-7,14-15,20H2,1-5H3;1H/b22-16+;. The fraction of sp³-hybridized carbons (Fsp3) is 0.393. The van der Waals surface area contributed by atoms with Crippen LogP contribution in [0, 0.1) is 5.92 Å². The van der Waals surface area contributed by atoms with Crippen LogP contribution in [0.2, 0.25) is 0 Å². The molecule has 1 aliphatic carbocycles. The lowest BCUT2D eigenvalue weighted by Crippen LogP contribution is -2.30. The van der Waals surface area contributed by atoms with Crippen LogP contribution < -0.4 is 4.74 Å². The van der Waals surface area contributed by atoms with Gasteiger partial charge in [0, 0.05) is 25.2 Å². The van der Waals surface area contributed by atoms with Crippen molar-refractivity contribution in [1.29, 1.82) is 0 Å². The highest BCUT2D eigenvalue weighted by Crippen LogP contribution is 2.37. The van der Waals surface area contributed by atoms with Gasteiger partial charge in [-0.1, -0.05) is 36.4 Å². The first-order valence-electron chi connectivity index (χ1n) is 11.6. The lowest BCUT2D eigenvalue weighted by Gasteiger charge is -2.29. The monoisotopic (exact) mass is 468 g/mol. The maximum atomic E-state index is 12.8. The van der Waals surface area contributed by atoms with Crippen LogP contribution in [0.15, 0.2) is 60.2 Å². The first-order chi connectivity index (χ1) is 15.4. The Morgan fingerprint density at radius 1 is 1.09 bits per heavy atom. The van der Waals surface area contributed by atoms with Gasteiger partial charge in [0.15, 0.2) is 0 Å². The Kier molecular flexibility index (Phi) is 10.2. The van der Waals surface area contributed by atoms with Gasteiger partial charge >= 0.3 is 0 Å². The van der Waals surface area contributed by atoms with Gasteiger partial charge in [0.2, 0.25) is 0 Å². The molecule has 0 saturated carbocycles. The predicted octanol–water partition coefficient (Wildman–Crippen LogP) is 6.04. The number of benzene rings is 2. The van der Waals surface area contributed by atoms with E-state index in [1.807, 2.05) is 43.0 Å². The van der Waals surface area contributed by atoms with Gasteiger partial charge in [0.1, 0.15) is 5.75 Å². The summed E-state index contributed by atoms with van der Waals surface area (Å²) in [5, 5.41) is 0. The Bertz CT molecular complexity index is 993. The Morgan fingerprint density at radius 2 is 1.82 bits per heavy atom. The summed E-state index contributed by atoms with van der Waals surface area (Å²) < 4.78 is 5.47. The van der Waals surface area contributed by atoms with Crippen LogP contribution in [0.25, 0.3) is 11.6 Å². The number of halogens is 1. The molecule has 0 fully saturated rings. The minimum atomic E-state index is 0. The molecule has 33 heavy (non-hydrogen) atoms. The summed E-state index contributed by atoms with van der Waals surface area (Å²) in [6.45, 7) is 6.50. The molecule has 1 amide bonds. The molecule has 5 heteroatoms. The highest BCUT2D eigenvalue weighted by Gasteiger charge is 2.22. The maximum Gasteiger partial charge on any atom is 0.253 e. The molecule has 4 nitrogen and oxygen atoms in total. The van der Waals surface area contributed by atoms with Gasteiger partial charge in [-0.05, 0) is 93.2 Å². The van der Waals surface area contributed by atoms with Crippen LogP contribution in [0.1, 0.15) is 48.2 Å². The average Bonchev–Trinajstić information content (AvgIpc) is 2.80. The van der Waals surface area contributed by atoms with Crippen LogP contribution in [0.3, 0.4) is 0 Å². The number of methoxy groups -OCH3 is 1. The topological polar surface area (TPSA) is 32.8 Å². The van der Waals surface area contributed by atoms with Crippen LogP contribution in [0.5, 0.6) is 5.75 Å². The second-order valence-corrected chi connectivity index (χ2v) is 8.65. The van der Waals surface area contributed by atoms with Crippen molar-refractivity contribution in [3.05, 3.63) is 76.9 Å². The second-order valence-electron chi connectivity index (χ2n) is 8.65. The summed E-state index contributed by atoms with van der Waals surface area (Å²) >= 11 is 0. The second kappa shape index (κ2) is 12.6. The van der Waals surface area contributed by atoms with E-state index < -0.39 is 0 Å². The smallest absolute Gasteiger partial charge is 0.253 e. The lowest BCUT2D eigenvalue weighted by atomic mass is 9.81. The SMILES string of the molecule is CCN(CC)C(=O)c1cccc(/C=C2/C=C(c3cccc(OC)c3)C(CN(C)C)CC2)c1.Cl. The van der Waals surface area contributed by atoms with E-state index in [1.54, 1.807) is 7.11 Å². The van der Waals surface area contributed by atoms with Crippen LogP contribution >= 0.6 is 12.4 Å². The molecule has 0 saturated heterocycles. The summed E-state index contributed by atoms with van der Waals surface area (Å²) in [6, 6.07) is 16.3. The van der Waals surface area contributed by atoms with Crippen LogP contribution in [-0.2, 0) is 0 Å². The molecule has 2 aromatic carbocycles. The highest BCUT2D eigenvalue weighted by atomic mass is 35.5. The number of ether oxygens (including phenoxy) is 1. The number of allylic oxidation sites excluding steroid dienone is 2. The molecule has 0 aromatic heterocycles. The Morgan fingerprint density at radius 3 is 2.48 bits per heavy atom. The van der Waals surface area contributed by atoms with E-state index in [0.717, 1.165) is 49.4 Å². The Balaban J connectivity index is 0.00000385. The van der Waals surface area contributed by atoms with Gasteiger partial charge in [0.05, 0.1) is 7.11 Å². The van der Waals surface area contributed by atoms with Crippen LogP contribution in [0.4, 0.5) is 0 Å². The highest BCUT2D eigenvalue weighted by molar-refractivity contribution is 5.94. The molecule has 0 spiro atoms. The van der Waals surface area contributed by atoms with Gasteiger partial charge < -0.3 is 14.5 Å². The molecule has 0 bridgehead atoms. The molecule has 178 valence electrons. The van der Waals surface area contributed by atoms with E-state index in [1.165, 1.54) is 16.7 Å². The molecule has 0 N–H and O–H groups in total. The molecule has 3 rings (SSSR count). The Labute approximate surface area is 205 Å². The largest absolute Gasteiger partial charge is 0.497 e. The number of hydrogen-bond acceptors (Lipinski definition) is 3. The third-order valence-electron chi connectivity index (χ3n) is 6.09. The van der Waals surface area contributed by atoms with Crippen LogP contribution in [-0.4, -0.2) is 56.5 Å². The first-order valence-corrected chi connectivity index (χ1v) is 11.6. The molecule has 0 radical (unpaired) electrons. The van der Waals surface area contributed by atoms with Crippen molar-refractivity contribution < 1.29 is 9.53 Å². The van der Waals surface area contributed by atoms with Crippen molar-refractivity contribution in [1.82, 2.24) is 9.80 Å². The van der Waals surface area contributed by atoms with Gasteiger partial charge in [-0.25, -0.2) is 0 Å². The van der Waals surface area contributed by atoms with Crippen molar-refractivity contribution in [2.45, 2.75) is 26.7 Å². The minimum Gasteiger partial charge on any atom is -0.497 e. The molecule has 1 atom stereocenters. The normalized spacial score (nSPS) is 16.8. The third-order valence-corrected chi connectivity index (χ3v) is 6.09. The average molecular weight is 469 g/mol. The first kappa shape index (κ1) is 26.7. The minimum absolute atomic E-state index is 0. The number of carbonyl (C=O) groups excluding carboxylic acids is 1. The summed E-state index contributed by atoms with van der Waals surface area (Å²) in [5.74, 6) is 1.45. The number of carbonyl (C=O) groups is 1. The third kappa shape index (κ3) is 6.96. The predicted molar refractivity (Wildman–Crippen MR) is 141 cm³/mol. The maximum absolute atomic E-state index is 12.8. The summed E-state index contributed by atoms with van der Waals surface area (Å²) in [4.78, 5) is 16.9. The molecule has 0 heterocycles. The quantitative estimate of drug-likeness (QED) is 0.473. The number of rotatable bonds is 8. The van der Waals surface area contributed by atoms with E-state index >= 15 is 0 Å². The van der Waals surface area contributed by atoms with E-state index in [4.69, 9.17) is 4.74 Å². The van der Waals surface area contributed by atoms with Gasteiger partial charge in [-0.3, -0.25) is 4.79 Å². The van der Waals surface area contributed by atoms with E-state index in [-0.39, 0.29) is 18.3 Å². The van der Waals surface area contributed by atoms with E-state index in [9.17, 15) is 4.79 Å². The van der Waals surface area contributed by atoms with Gasteiger partial charge in [-0.2, -0.15) is 0 Å². The summed E-state index contributed by atoms with van der Waals surface area (Å²) in [7, 11) is 5.98. The molecular formula is C28H37ClN2O2. The fourth-order valence-corrected chi connectivity index (χ4v) is 4.42. The molecule has 1 unspecified atom stereocenters. The number of nitrogens with zero attached hydrogens (tertiary/aromatic N) is 2. The van der Waals surface area contributed by atoms with Gasteiger partial charge in [-0.15, -0.1) is 12.4 Å². The van der Waals surface area contributed by atoms with E-state index in [0.29, 0.717) is 5.92 Å². The fourth-order valence-electron chi connectivity index (χ4n) is 4.42. The molecule has 1 aliphatic rings.